The molecule has 1 heterocycles. The molecule has 2 aromatic carbocycles. The van der Waals surface area contributed by atoms with E-state index in [1.807, 2.05) is 43.3 Å². The maximum atomic E-state index is 13.0. The number of nitrogens with one attached hydrogen (secondary N) is 3. The summed E-state index contributed by atoms with van der Waals surface area (Å²) in [5, 5.41) is 7.33. The fraction of sp³-hybridized carbons (Fsp3) is 0.417. The van der Waals surface area contributed by atoms with Crippen molar-refractivity contribution in [3.63, 3.8) is 0 Å². The fourth-order valence-corrected chi connectivity index (χ4v) is 5.86. The van der Waals surface area contributed by atoms with E-state index in [1.165, 1.54) is 11.8 Å². The van der Waals surface area contributed by atoms with Crippen LogP contribution in [0.5, 0.6) is 0 Å². The number of anilines is 1. The maximum Gasteiger partial charge on any atom is 0.241 e. The van der Waals surface area contributed by atoms with Crippen molar-refractivity contribution in [1.29, 1.82) is 0 Å². The van der Waals surface area contributed by atoms with Gasteiger partial charge in [-0.1, -0.05) is 44.5 Å². The van der Waals surface area contributed by atoms with Crippen LogP contribution in [0.1, 0.15) is 37.8 Å². The van der Waals surface area contributed by atoms with E-state index in [0.717, 1.165) is 42.5 Å². The summed E-state index contributed by atoms with van der Waals surface area (Å²) in [7, 11) is -3.81. The molecule has 0 radical (unpaired) electrons. The van der Waals surface area contributed by atoms with E-state index in [2.05, 4.69) is 22.9 Å². The number of hydrogen-bond acceptors (Lipinski definition) is 6. The highest BCUT2D eigenvalue weighted by atomic mass is 32.2. The first-order chi connectivity index (χ1) is 15.8. The molecule has 3 rings (SSSR count). The molecule has 33 heavy (non-hydrogen) atoms. The second-order valence-corrected chi connectivity index (χ2v) is 11.2. The molecule has 1 aliphatic heterocycles. The Morgan fingerprint density at radius 2 is 1.88 bits per heavy atom. The number of sulfone groups is 1. The van der Waals surface area contributed by atoms with E-state index in [4.69, 9.17) is 0 Å². The number of thioether (sulfide) groups is 1. The van der Waals surface area contributed by atoms with Crippen molar-refractivity contribution in [3.05, 3.63) is 59.7 Å². The molecular weight excluding hydrogens is 458 g/mol. The summed E-state index contributed by atoms with van der Waals surface area (Å²) in [5.74, 6) is -0.634. The van der Waals surface area contributed by atoms with Crippen LogP contribution < -0.4 is 16.0 Å². The minimum Gasteiger partial charge on any atom is -0.331 e. The third-order valence-corrected chi connectivity index (χ3v) is 8.61. The number of aryl methyl sites for hydroxylation is 2. The molecule has 1 saturated heterocycles. The number of amides is 2. The Labute approximate surface area is 200 Å². The molecule has 7 nitrogen and oxygen atoms in total. The van der Waals surface area contributed by atoms with Gasteiger partial charge >= 0.3 is 0 Å². The first kappa shape index (κ1) is 25.3. The second kappa shape index (κ2) is 11.7. The Hall–Kier alpha value is -2.36. The Morgan fingerprint density at radius 1 is 1.12 bits per heavy atom. The average Bonchev–Trinajstić information content (AvgIpc) is 2.81. The van der Waals surface area contributed by atoms with Gasteiger partial charge in [0.05, 0.1) is 10.6 Å². The molecule has 0 saturated carbocycles. The topological polar surface area (TPSA) is 104 Å². The van der Waals surface area contributed by atoms with Crippen LogP contribution in [0.4, 0.5) is 5.69 Å². The summed E-state index contributed by atoms with van der Waals surface area (Å²) in [6, 6.07) is 14.4. The van der Waals surface area contributed by atoms with Gasteiger partial charge in [0.2, 0.25) is 11.8 Å². The third-order valence-electron chi connectivity index (χ3n) is 5.50. The van der Waals surface area contributed by atoms with E-state index >= 15 is 0 Å². The van der Waals surface area contributed by atoms with E-state index in [-0.39, 0.29) is 23.1 Å². The molecule has 3 N–H and O–H groups in total. The molecule has 2 aromatic rings. The molecule has 0 aliphatic carbocycles. The smallest absolute Gasteiger partial charge is 0.241 e. The Bertz CT molecular complexity index is 1070. The Balaban J connectivity index is 1.52. The predicted octanol–water partition coefficient (Wildman–Crippen LogP) is 3.11. The van der Waals surface area contributed by atoms with Crippen LogP contribution in [0.15, 0.2) is 53.4 Å². The standard InChI is InChI=1S/C24H31N3O4S2/c1-3-5-7-18-10-12-20(13-11-18)33(30,31)21-15-25-24(27-23(21)29)32-16-22(28)26-19-9-6-8-17(4-2)14-19/h6,8-14,21,24-25H,3-5,7,15-16H2,1-2H3,(H,26,28)(H,27,29). The molecule has 2 amide bonds. The van der Waals surface area contributed by atoms with Gasteiger partial charge in [-0.25, -0.2) is 8.42 Å². The van der Waals surface area contributed by atoms with Gasteiger partial charge in [-0.05, 0) is 54.7 Å². The SMILES string of the molecule is CCCCc1ccc(S(=O)(=O)C2CNC(SCC(=O)Nc3cccc(CC)c3)NC2=O)cc1. The second-order valence-electron chi connectivity index (χ2n) is 7.99. The van der Waals surface area contributed by atoms with Crippen molar-refractivity contribution in [1.82, 2.24) is 10.6 Å². The summed E-state index contributed by atoms with van der Waals surface area (Å²) in [4.78, 5) is 25.0. The molecule has 2 atom stereocenters. The summed E-state index contributed by atoms with van der Waals surface area (Å²) < 4.78 is 26.0. The largest absolute Gasteiger partial charge is 0.331 e. The van der Waals surface area contributed by atoms with Gasteiger partial charge in [0.15, 0.2) is 15.1 Å². The van der Waals surface area contributed by atoms with E-state index < -0.39 is 26.5 Å². The lowest BCUT2D eigenvalue weighted by Gasteiger charge is -2.29. The molecule has 0 aromatic heterocycles. The van der Waals surface area contributed by atoms with Crippen LogP contribution in [-0.2, 0) is 32.3 Å². The number of unbranched alkanes of at least 4 members (excludes halogenated alkanes) is 1. The summed E-state index contributed by atoms with van der Waals surface area (Å²) in [5.41, 5.74) is 2.41. The van der Waals surface area contributed by atoms with E-state index in [1.54, 1.807) is 12.1 Å². The van der Waals surface area contributed by atoms with Crippen molar-refractivity contribution >= 4 is 39.1 Å². The first-order valence-electron chi connectivity index (χ1n) is 11.2. The van der Waals surface area contributed by atoms with Gasteiger partial charge in [-0.3, -0.25) is 14.9 Å². The zero-order chi connectivity index (χ0) is 23.8. The molecule has 1 aliphatic rings. The van der Waals surface area contributed by atoms with Crippen LogP contribution in [0, 0.1) is 0 Å². The molecule has 2 unspecified atom stereocenters. The lowest BCUT2D eigenvalue weighted by molar-refractivity contribution is -0.122. The first-order valence-corrected chi connectivity index (χ1v) is 13.8. The summed E-state index contributed by atoms with van der Waals surface area (Å²) in [6.45, 7) is 4.14. The number of carbonyl (C=O) groups excluding carboxylic acids is 2. The molecule has 0 bridgehead atoms. The zero-order valence-electron chi connectivity index (χ0n) is 19.0. The number of carbonyl (C=O) groups is 2. The van der Waals surface area contributed by atoms with Crippen molar-refractivity contribution in [2.24, 2.45) is 0 Å². The van der Waals surface area contributed by atoms with Gasteiger partial charge < -0.3 is 10.6 Å². The highest BCUT2D eigenvalue weighted by Crippen LogP contribution is 2.21. The van der Waals surface area contributed by atoms with Crippen LogP contribution in [-0.4, -0.2) is 43.3 Å². The van der Waals surface area contributed by atoms with Crippen LogP contribution in [0.2, 0.25) is 0 Å². The molecular formula is C24H31N3O4S2. The van der Waals surface area contributed by atoms with Crippen molar-refractivity contribution in [2.75, 3.05) is 17.6 Å². The molecule has 9 heteroatoms. The summed E-state index contributed by atoms with van der Waals surface area (Å²) in [6.07, 6.45) is 3.90. The normalized spacial score (nSPS) is 18.5. The minimum absolute atomic E-state index is 0.0103. The number of benzene rings is 2. The molecule has 0 spiro atoms. The highest BCUT2D eigenvalue weighted by Gasteiger charge is 2.38. The Kier molecular flexibility index (Phi) is 8.94. The minimum atomic E-state index is -3.81. The van der Waals surface area contributed by atoms with Gasteiger partial charge in [-0.15, -0.1) is 11.8 Å². The molecule has 1 fully saturated rings. The lowest BCUT2D eigenvalue weighted by atomic mass is 10.1. The highest BCUT2D eigenvalue weighted by molar-refractivity contribution is 8.00. The average molecular weight is 490 g/mol. The van der Waals surface area contributed by atoms with Crippen molar-refractivity contribution in [3.8, 4) is 0 Å². The monoisotopic (exact) mass is 489 g/mol. The van der Waals surface area contributed by atoms with E-state index in [0.29, 0.717) is 0 Å². The van der Waals surface area contributed by atoms with Crippen molar-refractivity contribution in [2.45, 2.75) is 55.2 Å². The van der Waals surface area contributed by atoms with Crippen LogP contribution in [0.25, 0.3) is 0 Å². The fourth-order valence-electron chi connectivity index (χ4n) is 3.55. The van der Waals surface area contributed by atoms with Gasteiger partial charge in [0, 0.05) is 12.2 Å². The predicted molar refractivity (Wildman–Crippen MR) is 133 cm³/mol. The van der Waals surface area contributed by atoms with Gasteiger partial charge in [-0.2, -0.15) is 0 Å². The zero-order valence-corrected chi connectivity index (χ0v) is 20.6. The maximum absolute atomic E-state index is 13.0. The summed E-state index contributed by atoms with van der Waals surface area (Å²) >= 11 is 1.21. The van der Waals surface area contributed by atoms with Crippen LogP contribution in [0.3, 0.4) is 0 Å². The number of rotatable bonds is 10. The van der Waals surface area contributed by atoms with Crippen molar-refractivity contribution < 1.29 is 18.0 Å². The molecule has 178 valence electrons. The third kappa shape index (κ3) is 6.82. The van der Waals surface area contributed by atoms with Gasteiger partial charge in [0.25, 0.3) is 0 Å². The lowest BCUT2D eigenvalue weighted by Crippen LogP contribution is -2.59. The van der Waals surface area contributed by atoms with E-state index in [9.17, 15) is 18.0 Å². The van der Waals surface area contributed by atoms with Crippen LogP contribution >= 0.6 is 11.8 Å². The number of hydrogen-bond donors (Lipinski definition) is 3. The van der Waals surface area contributed by atoms with Gasteiger partial charge in [0.1, 0.15) is 5.50 Å². The quantitative estimate of drug-likeness (QED) is 0.474. The Morgan fingerprint density at radius 3 is 2.55 bits per heavy atom.